The van der Waals surface area contributed by atoms with Gasteiger partial charge in [-0.1, -0.05) is 26.0 Å². The molecule has 3 aromatic rings. The zero-order valence-electron chi connectivity index (χ0n) is 17.0. The van der Waals surface area contributed by atoms with Crippen molar-refractivity contribution in [3.63, 3.8) is 0 Å². The molecule has 0 aliphatic carbocycles. The van der Waals surface area contributed by atoms with Crippen LogP contribution in [0, 0.1) is 5.92 Å². The van der Waals surface area contributed by atoms with Crippen LogP contribution in [0.15, 0.2) is 73.1 Å². The minimum absolute atomic E-state index is 0.170. The largest absolute Gasteiger partial charge is 0.356 e. The molecule has 5 heteroatoms. The average Bonchev–Trinajstić information content (AvgIpc) is 2.73. The molecule has 0 bridgehead atoms. The summed E-state index contributed by atoms with van der Waals surface area (Å²) >= 11 is 0. The Morgan fingerprint density at radius 3 is 2.48 bits per heavy atom. The molecule has 1 amide bonds. The van der Waals surface area contributed by atoms with Crippen molar-refractivity contribution in [2.45, 2.75) is 26.8 Å². The van der Waals surface area contributed by atoms with Gasteiger partial charge in [-0.15, -0.1) is 0 Å². The molecular weight excluding hydrogens is 360 g/mol. The Kier molecular flexibility index (Phi) is 7.36. The SMILES string of the molecule is CC(C)CCNCc1cccc(Nc2ccc(NC(=O)c3cccnc3)cc2)c1. The summed E-state index contributed by atoms with van der Waals surface area (Å²) in [5, 5.41) is 9.79. The van der Waals surface area contributed by atoms with Crippen molar-refractivity contribution >= 4 is 23.0 Å². The fourth-order valence-corrected chi connectivity index (χ4v) is 2.89. The van der Waals surface area contributed by atoms with Gasteiger partial charge >= 0.3 is 0 Å². The van der Waals surface area contributed by atoms with Crippen molar-refractivity contribution in [3.05, 3.63) is 84.2 Å². The van der Waals surface area contributed by atoms with Crippen molar-refractivity contribution < 1.29 is 4.79 Å². The van der Waals surface area contributed by atoms with E-state index in [1.807, 2.05) is 24.3 Å². The average molecular weight is 389 g/mol. The first-order valence-corrected chi connectivity index (χ1v) is 9.98. The van der Waals surface area contributed by atoms with Gasteiger partial charge in [0.15, 0.2) is 0 Å². The van der Waals surface area contributed by atoms with Crippen LogP contribution in [-0.2, 0) is 6.54 Å². The van der Waals surface area contributed by atoms with Crippen LogP contribution in [0.25, 0.3) is 0 Å². The number of carbonyl (C=O) groups is 1. The van der Waals surface area contributed by atoms with Crippen LogP contribution < -0.4 is 16.0 Å². The summed E-state index contributed by atoms with van der Waals surface area (Å²) in [5.74, 6) is 0.545. The number of aromatic nitrogens is 1. The fourth-order valence-electron chi connectivity index (χ4n) is 2.89. The van der Waals surface area contributed by atoms with Crippen LogP contribution in [0.1, 0.15) is 36.2 Å². The van der Waals surface area contributed by atoms with E-state index in [9.17, 15) is 4.79 Å². The number of benzene rings is 2. The van der Waals surface area contributed by atoms with Gasteiger partial charge < -0.3 is 16.0 Å². The lowest BCUT2D eigenvalue weighted by Gasteiger charge is -2.11. The first-order chi connectivity index (χ1) is 14.1. The zero-order chi connectivity index (χ0) is 20.5. The topological polar surface area (TPSA) is 66.0 Å². The molecule has 0 atom stereocenters. The van der Waals surface area contributed by atoms with E-state index in [0.29, 0.717) is 11.5 Å². The van der Waals surface area contributed by atoms with Crippen LogP contribution in [0.2, 0.25) is 0 Å². The van der Waals surface area contributed by atoms with E-state index in [1.165, 1.54) is 12.0 Å². The number of hydrogen-bond donors (Lipinski definition) is 3. The third-order valence-corrected chi connectivity index (χ3v) is 4.51. The molecule has 3 rings (SSSR count). The molecule has 2 aromatic carbocycles. The van der Waals surface area contributed by atoms with E-state index in [4.69, 9.17) is 0 Å². The summed E-state index contributed by atoms with van der Waals surface area (Å²) in [6.45, 7) is 6.37. The highest BCUT2D eigenvalue weighted by molar-refractivity contribution is 6.04. The van der Waals surface area contributed by atoms with E-state index >= 15 is 0 Å². The highest BCUT2D eigenvalue weighted by Gasteiger charge is 2.05. The molecule has 0 saturated carbocycles. The minimum Gasteiger partial charge on any atom is -0.356 e. The summed E-state index contributed by atoms with van der Waals surface area (Å²) in [5.41, 5.74) is 4.54. The number of hydrogen-bond acceptors (Lipinski definition) is 4. The lowest BCUT2D eigenvalue weighted by atomic mass is 10.1. The summed E-state index contributed by atoms with van der Waals surface area (Å²) in [4.78, 5) is 16.2. The maximum Gasteiger partial charge on any atom is 0.257 e. The molecule has 0 aliphatic rings. The molecule has 0 fully saturated rings. The summed E-state index contributed by atoms with van der Waals surface area (Å²) in [6.07, 6.45) is 4.38. The second-order valence-electron chi connectivity index (χ2n) is 7.46. The predicted octanol–water partition coefficient (Wildman–Crippen LogP) is 5.21. The van der Waals surface area contributed by atoms with Gasteiger partial charge in [0.2, 0.25) is 0 Å². The second kappa shape index (κ2) is 10.4. The molecule has 0 spiro atoms. The summed E-state index contributed by atoms with van der Waals surface area (Å²) in [7, 11) is 0. The fraction of sp³-hybridized carbons (Fsp3) is 0.250. The second-order valence-corrected chi connectivity index (χ2v) is 7.46. The Balaban J connectivity index is 1.54. The van der Waals surface area contributed by atoms with Crippen molar-refractivity contribution in [3.8, 4) is 0 Å². The molecule has 29 heavy (non-hydrogen) atoms. The maximum absolute atomic E-state index is 12.2. The predicted molar refractivity (Wildman–Crippen MR) is 120 cm³/mol. The van der Waals surface area contributed by atoms with Crippen LogP contribution in [0.4, 0.5) is 17.1 Å². The highest BCUT2D eigenvalue weighted by atomic mass is 16.1. The maximum atomic E-state index is 12.2. The third-order valence-electron chi connectivity index (χ3n) is 4.51. The number of anilines is 3. The number of nitrogens with zero attached hydrogens (tertiary/aromatic N) is 1. The number of pyridine rings is 1. The molecular formula is C24H28N4O. The molecule has 0 aliphatic heterocycles. The van der Waals surface area contributed by atoms with Gasteiger partial charge in [0, 0.05) is 36.0 Å². The minimum atomic E-state index is -0.170. The van der Waals surface area contributed by atoms with Crippen LogP contribution >= 0.6 is 0 Å². The Hall–Kier alpha value is -3.18. The molecule has 0 radical (unpaired) electrons. The number of carbonyl (C=O) groups excluding carboxylic acids is 1. The standard InChI is InChI=1S/C24H28N4O/c1-18(2)12-14-26-16-19-5-3-7-23(15-19)27-21-8-10-22(11-9-21)28-24(29)20-6-4-13-25-17-20/h3-11,13,15,17-18,26-27H,12,14,16H2,1-2H3,(H,28,29). The van der Waals surface area contributed by atoms with Gasteiger partial charge in [0.1, 0.15) is 0 Å². The van der Waals surface area contributed by atoms with Gasteiger partial charge in [-0.05, 0) is 73.0 Å². The lowest BCUT2D eigenvalue weighted by Crippen LogP contribution is -2.16. The van der Waals surface area contributed by atoms with Gasteiger partial charge in [-0.25, -0.2) is 0 Å². The van der Waals surface area contributed by atoms with E-state index < -0.39 is 0 Å². The van der Waals surface area contributed by atoms with Crippen molar-refractivity contribution in [1.82, 2.24) is 10.3 Å². The Morgan fingerprint density at radius 2 is 1.76 bits per heavy atom. The monoisotopic (exact) mass is 388 g/mol. The van der Waals surface area contributed by atoms with Crippen molar-refractivity contribution in [2.24, 2.45) is 5.92 Å². The van der Waals surface area contributed by atoms with E-state index in [1.54, 1.807) is 24.5 Å². The van der Waals surface area contributed by atoms with Gasteiger partial charge in [-0.3, -0.25) is 9.78 Å². The molecule has 3 N–H and O–H groups in total. The first-order valence-electron chi connectivity index (χ1n) is 9.98. The van der Waals surface area contributed by atoms with Gasteiger partial charge in [0.05, 0.1) is 5.56 Å². The van der Waals surface area contributed by atoms with Gasteiger partial charge in [-0.2, -0.15) is 0 Å². The van der Waals surface area contributed by atoms with E-state index in [-0.39, 0.29) is 5.91 Å². The molecule has 5 nitrogen and oxygen atoms in total. The molecule has 150 valence electrons. The molecule has 1 aromatic heterocycles. The normalized spacial score (nSPS) is 10.7. The highest BCUT2D eigenvalue weighted by Crippen LogP contribution is 2.20. The third kappa shape index (κ3) is 6.73. The van der Waals surface area contributed by atoms with Crippen molar-refractivity contribution in [1.29, 1.82) is 0 Å². The Morgan fingerprint density at radius 1 is 0.966 bits per heavy atom. The summed E-state index contributed by atoms with van der Waals surface area (Å²) in [6, 6.07) is 19.5. The lowest BCUT2D eigenvalue weighted by molar-refractivity contribution is 0.102. The van der Waals surface area contributed by atoms with E-state index in [2.05, 4.69) is 59.0 Å². The quantitative estimate of drug-likeness (QED) is 0.440. The smallest absolute Gasteiger partial charge is 0.257 e. The molecule has 0 unspecified atom stereocenters. The number of nitrogens with one attached hydrogen (secondary N) is 3. The van der Waals surface area contributed by atoms with Crippen LogP contribution in [-0.4, -0.2) is 17.4 Å². The Labute approximate surface area is 172 Å². The Bertz CT molecular complexity index is 908. The van der Waals surface area contributed by atoms with Crippen LogP contribution in [0.5, 0.6) is 0 Å². The zero-order valence-corrected chi connectivity index (χ0v) is 17.0. The summed E-state index contributed by atoms with van der Waals surface area (Å²) < 4.78 is 0. The molecule has 1 heterocycles. The van der Waals surface area contributed by atoms with E-state index in [0.717, 1.165) is 30.2 Å². The van der Waals surface area contributed by atoms with Gasteiger partial charge in [0.25, 0.3) is 5.91 Å². The van der Waals surface area contributed by atoms with Crippen molar-refractivity contribution in [2.75, 3.05) is 17.2 Å². The number of amides is 1. The first kappa shape index (κ1) is 20.6. The number of rotatable bonds is 9. The van der Waals surface area contributed by atoms with Crippen LogP contribution in [0.3, 0.4) is 0 Å². The molecule has 0 saturated heterocycles.